The molecule has 4 nitrogen and oxygen atoms in total. The van der Waals surface area contributed by atoms with Gasteiger partial charge in [0.05, 0.1) is 5.69 Å². The van der Waals surface area contributed by atoms with Crippen molar-refractivity contribution in [1.29, 1.82) is 0 Å². The molecule has 1 aromatic carbocycles. The number of benzene rings is 1. The average molecular weight is 266 g/mol. The van der Waals surface area contributed by atoms with Crippen LogP contribution in [0.5, 0.6) is 0 Å². The van der Waals surface area contributed by atoms with Crippen LogP contribution in [-0.4, -0.2) is 33.4 Å². The number of sulfonamides is 1. The van der Waals surface area contributed by atoms with E-state index in [1.54, 1.807) is 25.1 Å². The van der Waals surface area contributed by atoms with Crippen molar-refractivity contribution in [2.45, 2.75) is 18.2 Å². The Morgan fingerprint density at radius 2 is 1.94 bits per heavy atom. The summed E-state index contributed by atoms with van der Waals surface area (Å²) in [6.07, 6.45) is 0.687. The summed E-state index contributed by atoms with van der Waals surface area (Å²) in [6.45, 7) is 2.41. The summed E-state index contributed by atoms with van der Waals surface area (Å²) in [5.74, 6) is 5.73. The maximum atomic E-state index is 12.1. The second kappa shape index (κ2) is 6.43. The third-order valence-electron chi connectivity index (χ3n) is 2.39. The molecule has 5 heteroatoms. The van der Waals surface area contributed by atoms with Crippen LogP contribution in [0.25, 0.3) is 0 Å². The van der Waals surface area contributed by atoms with E-state index in [1.807, 2.05) is 6.07 Å². The van der Waals surface area contributed by atoms with E-state index < -0.39 is 10.0 Å². The van der Waals surface area contributed by atoms with Gasteiger partial charge in [-0.3, -0.25) is 0 Å². The first-order valence-corrected chi connectivity index (χ1v) is 7.09. The first-order chi connectivity index (χ1) is 8.50. The van der Waals surface area contributed by atoms with E-state index in [9.17, 15) is 8.42 Å². The number of para-hydroxylation sites is 1. The predicted octanol–water partition coefficient (Wildman–Crippen LogP) is 1.76. The van der Waals surface area contributed by atoms with Crippen molar-refractivity contribution in [3.63, 3.8) is 0 Å². The van der Waals surface area contributed by atoms with Crippen LogP contribution in [0.15, 0.2) is 29.2 Å². The highest BCUT2D eigenvalue weighted by molar-refractivity contribution is 7.89. The van der Waals surface area contributed by atoms with Crippen LogP contribution < -0.4 is 5.32 Å². The van der Waals surface area contributed by atoms with E-state index in [4.69, 9.17) is 0 Å². The van der Waals surface area contributed by atoms with Gasteiger partial charge in [-0.15, -0.1) is 11.8 Å². The van der Waals surface area contributed by atoms with Crippen LogP contribution in [0.1, 0.15) is 13.3 Å². The minimum atomic E-state index is -3.42. The fourth-order valence-corrected chi connectivity index (χ4v) is 2.48. The Kier molecular flexibility index (Phi) is 5.20. The lowest BCUT2D eigenvalue weighted by molar-refractivity contribution is 0.521. The van der Waals surface area contributed by atoms with Gasteiger partial charge >= 0.3 is 0 Å². The first-order valence-electron chi connectivity index (χ1n) is 5.65. The Morgan fingerprint density at radius 3 is 2.56 bits per heavy atom. The highest BCUT2D eigenvalue weighted by Gasteiger charge is 2.20. The topological polar surface area (TPSA) is 49.4 Å². The lowest BCUT2D eigenvalue weighted by atomic mass is 10.3. The SMILES string of the molecule is CC#CCCNc1ccccc1S(=O)(=O)N(C)C. The fourth-order valence-electron chi connectivity index (χ4n) is 1.42. The van der Waals surface area contributed by atoms with Gasteiger partial charge < -0.3 is 5.32 Å². The Balaban J connectivity index is 2.96. The molecule has 0 aliphatic rings. The third-order valence-corrected chi connectivity index (χ3v) is 4.26. The van der Waals surface area contributed by atoms with Gasteiger partial charge in [0.25, 0.3) is 0 Å². The van der Waals surface area contributed by atoms with Crippen molar-refractivity contribution in [1.82, 2.24) is 4.31 Å². The summed E-state index contributed by atoms with van der Waals surface area (Å²) in [5.41, 5.74) is 0.615. The summed E-state index contributed by atoms with van der Waals surface area (Å²) in [6, 6.07) is 6.88. The maximum absolute atomic E-state index is 12.1. The average Bonchev–Trinajstić information content (AvgIpc) is 2.35. The Bertz CT molecular complexity index is 554. The number of hydrogen-bond acceptors (Lipinski definition) is 3. The Hall–Kier alpha value is -1.51. The van der Waals surface area contributed by atoms with E-state index in [2.05, 4.69) is 17.2 Å². The molecule has 0 bridgehead atoms. The summed E-state index contributed by atoms with van der Waals surface area (Å²) >= 11 is 0. The molecule has 0 aliphatic heterocycles. The molecule has 0 unspecified atom stereocenters. The summed E-state index contributed by atoms with van der Waals surface area (Å²) in [4.78, 5) is 0.291. The third kappa shape index (κ3) is 3.49. The van der Waals surface area contributed by atoms with E-state index >= 15 is 0 Å². The number of rotatable bonds is 5. The van der Waals surface area contributed by atoms with Crippen LogP contribution in [-0.2, 0) is 10.0 Å². The standard InChI is InChI=1S/C13H18N2O2S/c1-4-5-8-11-14-12-9-6-7-10-13(12)18(16,17)15(2)3/h6-7,9-10,14H,8,11H2,1-3H3. The van der Waals surface area contributed by atoms with Gasteiger partial charge in [-0.05, 0) is 19.1 Å². The zero-order chi connectivity index (χ0) is 13.6. The lowest BCUT2D eigenvalue weighted by Gasteiger charge is -2.15. The molecule has 0 radical (unpaired) electrons. The van der Waals surface area contributed by atoms with Crippen molar-refractivity contribution in [2.24, 2.45) is 0 Å². The second-order valence-corrected chi connectivity index (χ2v) is 6.01. The predicted molar refractivity (Wildman–Crippen MR) is 73.9 cm³/mol. The number of hydrogen-bond donors (Lipinski definition) is 1. The highest BCUT2D eigenvalue weighted by Crippen LogP contribution is 2.22. The van der Waals surface area contributed by atoms with E-state index in [1.165, 1.54) is 18.4 Å². The largest absolute Gasteiger partial charge is 0.383 e. The molecule has 0 atom stereocenters. The molecule has 18 heavy (non-hydrogen) atoms. The molecule has 98 valence electrons. The molecule has 0 amide bonds. The first kappa shape index (κ1) is 14.6. The van der Waals surface area contributed by atoms with Crippen LogP contribution in [0.3, 0.4) is 0 Å². The number of anilines is 1. The molecule has 1 N–H and O–H groups in total. The molecular formula is C13H18N2O2S. The molecule has 1 rings (SSSR count). The zero-order valence-electron chi connectivity index (χ0n) is 10.9. The second-order valence-electron chi connectivity index (χ2n) is 3.89. The quantitative estimate of drug-likeness (QED) is 0.652. The molecule has 0 saturated carbocycles. The van der Waals surface area contributed by atoms with Crippen molar-refractivity contribution < 1.29 is 8.42 Å². The molecule has 0 spiro atoms. The van der Waals surface area contributed by atoms with Gasteiger partial charge in [-0.2, -0.15) is 0 Å². The normalized spacial score (nSPS) is 10.9. The highest BCUT2D eigenvalue weighted by atomic mass is 32.2. The van der Waals surface area contributed by atoms with Gasteiger partial charge in [0.2, 0.25) is 10.0 Å². The molecule has 0 heterocycles. The van der Waals surface area contributed by atoms with Gasteiger partial charge in [-0.25, -0.2) is 12.7 Å². The Labute approximate surface area is 109 Å². The fraction of sp³-hybridized carbons (Fsp3) is 0.385. The van der Waals surface area contributed by atoms with Crippen molar-refractivity contribution in [3.8, 4) is 11.8 Å². The van der Waals surface area contributed by atoms with E-state index in [0.29, 0.717) is 23.5 Å². The number of nitrogens with one attached hydrogen (secondary N) is 1. The minimum absolute atomic E-state index is 0.291. The monoisotopic (exact) mass is 266 g/mol. The zero-order valence-corrected chi connectivity index (χ0v) is 11.7. The molecule has 0 aliphatic carbocycles. The van der Waals surface area contributed by atoms with Gasteiger partial charge in [-0.1, -0.05) is 12.1 Å². The van der Waals surface area contributed by atoms with Crippen LogP contribution in [0.4, 0.5) is 5.69 Å². The Morgan fingerprint density at radius 1 is 1.28 bits per heavy atom. The molecule has 1 aromatic rings. The smallest absolute Gasteiger partial charge is 0.244 e. The van der Waals surface area contributed by atoms with E-state index in [0.717, 1.165) is 0 Å². The van der Waals surface area contributed by atoms with Gasteiger partial charge in [0.1, 0.15) is 4.90 Å². The summed E-state index contributed by atoms with van der Waals surface area (Å²) in [7, 11) is -0.370. The molecule has 0 saturated heterocycles. The summed E-state index contributed by atoms with van der Waals surface area (Å²) < 4.78 is 25.4. The number of nitrogens with zero attached hydrogens (tertiary/aromatic N) is 1. The van der Waals surface area contributed by atoms with Crippen LogP contribution >= 0.6 is 0 Å². The summed E-state index contributed by atoms with van der Waals surface area (Å²) in [5, 5.41) is 3.10. The van der Waals surface area contributed by atoms with Crippen LogP contribution in [0, 0.1) is 11.8 Å². The molecule has 0 fully saturated rings. The molecular weight excluding hydrogens is 248 g/mol. The van der Waals surface area contributed by atoms with Gasteiger partial charge in [0.15, 0.2) is 0 Å². The van der Waals surface area contributed by atoms with Crippen LogP contribution in [0.2, 0.25) is 0 Å². The van der Waals surface area contributed by atoms with Crippen molar-refractivity contribution in [2.75, 3.05) is 26.0 Å². The van der Waals surface area contributed by atoms with Crippen molar-refractivity contribution in [3.05, 3.63) is 24.3 Å². The minimum Gasteiger partial charge on any atom is -0.383 e. The van der Waals surface area contributed by atoms with Crippen molar-refractivity contribution >= 4 is 15.7 Å². The van der Waals surface area contributed by atoms with E-state index in [-0.39, 0.29) is 0 Å². The molecule has 0 aromatic heterocycles. The van der Waals surface area contributed by atoms with Gasteiger partial charge in [0, 0.05) is 27.1 Å². The lowest BCUT2D eigenvalue weighted by Crippen LogP contribution is -2.23. The maximum Gasteiger partial charge on any atom is 0.244 e.